The summed E-state index contributed by atoms with van der Waals surface area (Å²) >= 11 is 3.22. The molecule has 7 heteroatoms. The maximum atomic E-state index is 11.6. The molecule has 0 saturated carbocycles. The molecule has 1 rings (SSSR count). The lowest BCUT2D eigenvalue weighted by Crippen LogP contribution is -2.35. The van der Waals surface area contributed by atoms with Crippen LogP contribution < -0.4 is 4.74 Å². The number of non-ortho nitro benzene ring substituents is 1. The lowest BCUT2D eigenvalue weighted by Gasteiger charge is -2.18. The maximum Gasteiger partial charge on any atom is 0.273 e. The molecule has 0 aromatic heterocycles. The summed E-state index contributed by atoms with van der Waals surface area (Å²) in [4.78, 5) is 23.2. The number of nitro benzene ring substituents is 1. The van der Waals surface area contributed by atoms with Gasteiger partial charge >= 0.3 is 0 Å². The molecule has 0 aliphatic carbocycles. The molecule has 1 atom stereocenters. The highest BCUT2D eigenvalue weighted by atomic mass is 79.9. The van der Waals surface area contributed by atoms with Gasteiger partial charge in [0.25, 0.3) is 11.6 Å². The van der Waals surface area contributed by atoms with Gasteiger partial charge in [-0.15, -0.1) is 0 Å². The lowest BCUT2D eigenvalue weighted by atomic mass is 10.3. The van der Waals surface area contributed by atoms with Crippen molar-refractivity contribution < 1.29 is 14.5 Å². The molecular formula is C11H13BrN2O4. The monoisotopic (exact) mass is 316 g/mol. The van der Waals surface area contributed by atoms with Crippen molar-refractivity contribution in [2.45, 2.75) is 13.0 Å². The standard InChI is InChI=1S/C11H13BrN2O4/c1-7(11(15)13(2)3)18-10-6-8(14(16)17)4-5-9(10)12/h4-7H,1-3H3. The molecule has 0 spiro atoms. The molecule has 1 unspecified atom stereocenters. The second kappa shape index (κ2) is 5.81. The maximum absolute atomic E-state index is 11.6. The number of hydrogen-bond donors (Lipinski definition) is 0. The molecule has 0 fully saturated rings. The summed E-state index contributed by atoms with van der Waals surface area (Å²) in [5.74, 6) is 0.0558. The SMILES string of the molecule is CC(Oc1cc([N+](=O)[O-])ccc1Br)C(=O)N(C)C. The van der Waals surface area contributed by atoms with Crippen molar-refractivity contribution in [3.8, 4) is 5.75 Å². The quantitative estimate of drug-likeness (QED) is 0.630. The van der Waals surface area contributed by atoms with Crippen molar-refractivity contribution in [2.24, 2.45) is 0 Å². The van der Waals surface area contributed by atoms with Gasteiger partial charge in [-0.05, 0) is 28.9 Å². The first-order valence-corrected chi connectivity index (χ1v) is 5.94. The summed E-state index contributed by atoms with van der Waals surface area (Å²) in [6.07, 6.45) is -0.710. The number of rotatable bonds is 4. The van der Waals surface area contributed by atoms with Gasteiger partial charge in [0.1, 0.15) is 5.75 Å². The normalized spacial score (nSPS) is 11.8. The van der Waals surface area contributed by atoms with Gasteiger partial charge in [-0.3, -0.25) is 14.9 Å². The van der Waals surface area contributed by atoms with Gasteiger partial charge in [-0.1, -0.05) is 0 Å². The fourth-order valence-electron chi connectivity index (χ4n) is 1.30. The largest absolute Gasteiger partial charge is 0.479 e. The van der Waals surface area contributed by atoms with Gasteiger partial charge in [0, 0.05) is 20.2 Å². The Hall–Kier alpha value is -1.63. The minimum absolute atomic E-state index is 0.0855. The molecule has 98 valence electrons. The van der Waals surface area contributed by atoms with Crippen LogP contribution in [0.2, 0.25) is 0 Å². The minimum Gasteiger partial charge on any atom is -0.479 e. The number of nitro groups is 1. The van der Waals surface area contributed by atoms with E-state index < -0.39 is 11.0 Å². The molecule has 1 aromatic carbocycles. The fraction of sp³-hybridized carbons (Fsp3) is 0.364. The lowest BCUT2D eigenvalue weighted by molar-refractivity contribution is -0.385. The number of nitrogens with zero attached hydrogens (tertiary/aromatic N) is 2. The average Bonchev–Trinajstić information content (AvgIpc) is 2.30. The Morgan fingerprint density at radius 3 is 2.61 bits per heavy atom. The van der Waals surface area contributed by atoms with Gasteiger partial charge in [0.2, 0.25) is 0 Å². The minimum atomic E-state index is -0.710. The average molecular weight is 317 g/mol. The molecule has 18 heavy (non-hydrogen) atoms. The van der Waals surface area contributed by atoms with E-state index in [9.17, 15) is 14.9 Å². The van der Waals surface area contributed by atoms with Crippen LogP contribution in [0.4, 0.5) is 5.69 Å². The molecule has 1 amide bonds. The van der Waals surface area contributed by atoms with E-state index in [1.54, 1.807) is 21.0 Å². The second-order valence-electron chi connectivity index (χ2n) is 3.86. The van der Waals surface area contributed by atoms with E-state index in [0.29, 0.717) is 4.47 Å². The van der Waals surface area contributed by atoms with Crippen LogP contribution in [0.3, 0.4) is 0 Å². The Labute approximate surface area is 113 Å². The van der Waals surface area contributed by atoms with Crippen LogP contribution in [0.25, 0.3) is 0 Å². The smallest absolute Gasteiger partial charge is 0.273 e. The predicted octanol–water partition coefficient (Wildman–Crippen LogP) is 2.21. The van der Waals surface area contributed by atoms with E-state index in [0.717, 1.165) is 0 Å². The molecule has 0 bridgehead atoms. The Kier molecular flexibility index (Phi) is 4.66. The Morgan fingerprint density at radius 1 is 1.50 bits per heavy atom. The summed E-state index contributed by atoms with van der Waals surface area (Å²) in [6.45, 7) is 1.59. The van der Waals surface area contributed by atoms with Crippen molar-refractivity contribution in [2.75, 3.05) is 14.1 Å². The van der Waals surface area contributed by atoms with E-state index in [2.05, 4.69) is 15.9 Å². The van der Waals surface area contributed by atoms with Gasteiger partial charge in [0.15, 0.2) is 6.10 Å². The van der Waals surface area contributed by atoms with Gasteiger partial charge in [-0.25, -0.2) is 0 Å². The second-order valence-corrected chi connectivity index (χ2v) is 4.72. The van der Waals surface area contributed by atoms with E-state index in [1.807, 2.05) is 0 Å². The van der Waals surface area contributed by atoms with Crippen molar-refractivity contribution in [1.82, 2.24) is 4.90 Å². The molecule has 0 N–H and O–H groups in total. The third-order valence-corrected chi connectivity index (χ3v) is 2.87. The molecule has 1 aromatic rings. The van der Waals surface area contributed by atoms with Crippen LogP contribution >= 0.6 is 15.9 Å². The van der Waals surface area contributed by atoms with Crippen LogP contribution in [0.1, 0.15) is 6.92 Å². The van der Waals surface area contributed by atoms with Crippen molar-refractivity contribution in [1.29, 1.82) is 0 Å². The highest BCUT2D eigenvalue weighted by Gasteiger charge is 2.19. The van der Waals surface area contributed by atoms with Gasteiger partial charge < -0.3 is 9.64 Å². The number of carbonyl (C=O) groups is 1. The summed E-state index contributed by atoms with van der Waals surface area (Å²) in [7, 11) is 3.23. The van der Waals surface area contributed by atoms with Crippen LogP contribution in [-0.2, 0) is 4.79 Å². The zero-order chi connectivity index (χ0) is 13.9. The molecule has 0 aliphatic rings. The number of benzene rings is 1. The third kappa shape index (κ3) is 3.43. The van der Waals surface area contributed by atoms with E-state index in [4.69, 9.17) is 4.74 Å². The fourth-order valence-corrected chi connectivity index (χ4v) is 1.64. The number of ether oxygens (including phenoxy) is 1. The summed E-state index contributed by atoms with van der Waals surface area (Å²) in [6, 6.07) is 4.15. The third-order valence-electron chi connectivity index (χ3n) is 2.22. The first-order chi connectivity index (χ1) is 8.32. The summed E-state index contributed by atoms with van der Waals surface area (Å²) < 4.78 is 5.98. The molecular weight excluding hydrogens is 304 g/mol. The predicted molar refractivity (Wildman–Crippen MR) is 69.6 cm³/mol. The first kappa shape index (κ1) is 14.4. The van der Waals surface area contributed by atoms with Crippen LogP contribution in [0.15, 0.2) is 22.7 Å². The number of halogens is 1. The van der Waals surface area contributed by atoms with Crippen molar-refractivity contribution in [3.05, 3.63) is 32.8 Å². The molecule has 6 nitrogen and oxygen atoms in total. The Balaban J connectivity index is 2.93. The molecule has 0 saturated heterocycles. The number of likely N-dealkylation sites (N-methyl/N-ethyl adjacent to an activating group) is 1. The molecule has 0 radical (unpaired) electrons. The van der Waals surface area contributed by atoms with Crippen LogP contribution in [-0.4, -0.2) is 35.9 Å². The van der Waals surface area contributed by atoms with E-state index in [-0.39, 0.29) is 17.3 Å². The van der Waals surface area contributed by atoms with E-state index >= 15 is 0 Å². The van der Waals surface area contributed by atoms with E-state index in [1.165, 1.54) is 23.1 Å². The topological polar surface area (TPSA) is 72.7 Å². The summed E-state index contributed by atoms with van der Waals surface area (Å²) in [5, 5.41) is 10.7. The highest BCUT2D eigenvalue weighted by molar-refractivity contribution is 9.10. The molecule has 0 aliphatic heterocycles. The van der Waals surface area contributed by atoms with Crippen LogP contribution in [0.5, 0.6) is 5.75 Å². The number of hydrogen-bond acceptors (Lipinski definition) is 4. The molecule has 0 heterocycles. The Morgan fingerprint density at radius 2 is 2.11 bits per heavy atom. The zero-order valence-electron chi connectivity index (χ0n) is 10.2. The van der Waals surface area contributed by atoms with Gasteiger partial charge in [-0.2, -0.15) is 0 Å². The number of carbonyl (C=O) groups excluding carboxylic acids is 1. The summed E-state index contributed by atoms with van der Waals surface area (Å²) in [5.41, 5.74) is -0.0855. The Bertz CT molecular complexity index is 476. The van der Waals surface area contributed by atoms with Gasteiger partial charge in [0.05, 0.1) is 15.5 Å². The van der Waals surface area contributed by atoms with Crippen molar-refractivity contribution in [3.63, 3.8) is 0 Å². The number of amides is 1. The zero-order valence-corrected chi connectivity index (χ0v) is 11.8. The van der Waals surface area contributed by atoms with Crippen LogP contribution in [0, 0.1) is 10.1 Å². The highest BCUT2D eigenvalue weighted by Crippen LogP contribution is 2.30. The van der Waals surface area contributed by atoms with Crippen molar-refractivity contribution >= 4 is 27.5 Å². The first-order valence-electron chi connectivity index (χ1n) is 5.14.